The zero-order chi connectivity index (χ0) is 18.5. The normalized spacial score (nSPS) is 15.0. The summed E-state index contributed by atoms with van der Waals surface area (Å²) >= 11 is 0. The lowest BCUT2D eigenvalue weighted by Crippen LogP contribution is -2.39. The number of ether oxygens (including phenoxy) is 1. The molecule has 4 rings (SSSR count). The Morgan fingerprint density at radius 2 is 1.93 bits per heavy atom. The van der Waals surface area contributed by atoms with Crippen molar-refractivity contribution in [1.82, 2.24) is 19.9 Å². The molecule has 1 aliphatic rings. The highest BCUT2D eigenvalue weighted by Gasteiger charge is 2.15. The third-order valence-corrected chi connectivity index (χ3v) is 4.71. The maximum Gasteiger partial charge on any atom is 0.223 e. The second kappa shape index (κ2) is 8.28. The van der Waals surface area contributed by atoms with Crippen molar-refractivity contribution in [3.8, 4) is 22.4 Å². The first-order chi connectivity index (χ1) is 13.3. The molecule has 0 saturated carbocycles. The number of aryl methyl sites for hydroxylation is 1. The van der Waals surface area contributed by atoms with Crippen LogP contribution in [0.15, 0.2) is 47.5 Å². The summed E-state index contributed by atoms with van der Waals surface area (Å²) in [7, 11) is 0. The van der Waals surface area contributed by atoms with E-state index in [1.54, 1.807) is 18.7 Å². The van der Waals surface area contributed by atoms with E-state index in [1.807, 2.05) is 31.3 Å². The van der Waals surface area contributed by atoms with Crippen LogP contribution in [0.3, 0.4) is 0 Å². The molecule has 1 aliphatic heterocycles. The molecule has 27 heavy (non-hydrogen) atoms. The van der Waals surface area contributed by atoms with Gasteiger partial charge in [-0.15, -0.1) is 0 Å². The van der Waals surface area contributed by atoms with Crippen molar-refractivity contribution in [2.45, 2.75) is 6.92 Å². The van der Waals surface area contributed by atoms with Crippen molar-refractivity contribution in [3.63, 3.8) is 0 Å². The molecule has 1 fully saturated rings. The van der Waals surface area contributed by atoms with Gasteiger partial charge in [-0.25, -0.2) is 9.97 Å². The van der Waals surface area contributed by atoms with Gasteiger partial charge in [-0.3, -0.25) is 9.88 Å². The number of nitrogens with zero attached hydrogens (tertiary/aromatic N) is 4. The highest BCUT2D eigenvalue weighted by Crippen LogP contribution is 2.32. The second-order valence-electron chi connectivity index (χ2n) is 6.46. The van der Waals surface area contributed by atoms with Crippen LogP contribution in [0, 0.1) is 6.92 Å². The maximum atomic E-state index is 5.50. The first-order valence-corrected chi connectivity index (χ1v) is 9.17. The number of rotatable bonds is 6. The Balaban J connectivity index is 1.56. The van der Waals surface area contributed by atoms with Crippen molar-refractivity contribution < 1.29 is 9.15 Å². The molecular weight excluding hydrogens is 342 g/mol. The van der Waals surface area contributed by atoms with Gasteiger partial charge in [0.2, 0.25) is 5.95 Å². The maximum absolute atomic E-state index is 5.50. The fraction of sp³-hybridized carbons (Fsp3) is 0.350. The minimum absolute atomic E-state index is 0.622. The second-order valence-corrected chi connectivity index (χ2v) is 6.46. The summed E-state index contributed by atoms with van der Waals surface area (Å²) in [4.78, 5) is 15.8. The van der Waals surface area contributed by atoms with Crippen LogP contribution in [-0.2, 0) is 4.74 Å². The van der Waals surface area contributed by atoms with Gasteiger partial charge >= 0.3 is 0 Å². The molecule has 0 bridgehead atoms. The van der Waals surface area contributed by atoms with E-state index in [1.165, 1.54) is 0 Å². The Bertz CT molecular complexity index is 875. The number of aromatic nitrogens is 3. The lowest BCUT2D eigenvalue weighted by molar-refractivity contribution is 0.0398. The molecule has 7 nitrogen and oxygen atoms in total. The number of furan rings is 1. The van der Waals surface area contributed by atoms with E-state index in [4.69, 9.17) is 14.1 Å². The number of pyridine rings is 1. The molecule has 0 spiro atoms. The number of anilines is 1. The van der Waals surface area contributed by atoms with Gasteiger partial charge in [-0.1, -0.05) is 0 Å². The van der Waals surface area contributed by atoms with Gasteiger partial charge < -0.3 is 14.5 Å². The standard InChI is InChI=1S/C20H23N5O2/c1-15-17(4-11-27-15)19-18(16-2-5-21-6-3-16)14-23-20(24-19)22-7-8-25-9-12-26-13-10-25/h2-6,11,14H,7-10,12-13H2,1H3,(H,22,23,24). The van der Waals surface area contributed by atoms with Gasteiger partial charge in [0.25, 0.3) is 0 Å². The average molecular weight is 365 g/mol. The molecule has 0 aliphatic carbocycles. The zero-order valence-corrected chi connectivity index (χ0v) is 15.4. The van der Waals surface area contributed by atoms with Crippen LogP contribution in [0.5, 0.6) is 0 Å². The Hall–Kier alpha value is -2.77. The van der Waals surface area contributed by atoms with E-state index in [0.29, 0.717) is 5.95 Å². The van der Waals surface area contributed by atoms with Crippen molar-refractivity contribution in [3.05, 3.63) is 48.8 Å². The first-order valence-electron chi connectivity index (χ1n) is 9.17. The molecule has 0 radical (unpaired) electrons. The van der Waals surface area contributed by atoms with Crippen LogP contribution in [0.4, 0.5) is 5.95 Å². The minimum Gasteiger partial charge on any atom is -0.469 e. The monoisotopic (exact) mass is 365 g/mol. The fourth-order valence-electron chi connectivity index (χ4n) is 3.20. The highest BCUT2D eigenvalue weighted by atomic mass is 16.5. The summed E-state index contributed by atoms with van der Waals surface area (Å²) in [6, 6.07) is 5.87. The molecule has 7 heteroatoms. The number of hydrogen-bond acceptors (Lipinski definition) is 7. The van der Waals surface area contributed by atoms with E-state index in [2.05, 4.69) is 20.2 Å². The smallest absolute Gasteiger partial charge is 0.223 e. The Morgan fingerprint density at radius 3 is 2.67 bits per heavy atom. The zero-order valence-electron chi connectivity index (χ0n) is 15.4. The molecule has 0 unspecified atom stereocenters. The average Bonchev–Trinajstić information content (AvgIpc) is 3.15. The Labute approximate surface area is 158 Å². The van der Waals surface area contributed by atoms with E-state index in [-0.39, 0.29) is 0 Å². The number of nitrogens with one attached hydrogen (secondary N) is 1. The molecular formula is C20H23N5O2. The molecule has 3 aromatic heterocycles. The fourth-order valence-corrected chi connectivity index (χ4v) is 3.20. The summed E-state index contributed by atoms with van der Waals surface area (Å²) < 4.78 is 10.9. The molecule has 4 heterocycles. The van der Waals surface area contributed by atoms with Crippen LogP contribution in [-0.4, -0.2) is 59.2 Å². The summed E-state index contributed by atoms with van der Waals surface area (Å²) in [6.07, 6.45) is 7.10. The van der Waals surface area contributed by atoms with Crippen LogP contribution in [0.1, 0.15) is 5.76 Å². The quantitative estimate of drug-likeness (QED) is 0.720. The molecule has 0 atom stereocenters. The summed E-state index contributed by atoms with van der Waals surface area (Å²) in [5.41, 5.74) is 3.82. The van der Waals surface area contributed by atoms with Crippen molar-refractivity contribution in [1.29, 1.82) is 0 Å². The summed E-state index contributed by atoms with van der Waals surface area (Å²) in [5.74, 6) is 1.46. The highest BCUT2D eigenvalue weighted by molar-refractivity contribution is 5.81. The van der Waals surface area contributed by atoms with Gasteiger partial charge in [0.15, 0.2) is 0 Å². The van der Waals surface area contributed by atoms with E-state index in [9.17, 15) is 0 Å². The predicted octanol–water partition coefficient (Wildman–Crippen LogP) is 2.85. The van der Waals surface area contributed by atoms with Crippen LogP contribution in [0.2, 0.25) is 0 Å². The van der Waals surface area contributed by atoms with E-state index in [0.717, 1.165) is 67.5 Å². The first kappa shape index (κ1) is 17.6. The molecule has 1 saturated heterocycles. The van der Waals surface area contributed by atoms with E-state index >= 15 is 0 Å². The predicted molar refractivity (Wildman–Crippen MR) is 103 cm³/mol. The Morgan fingerprint density at radius 1 is 1.11 bits per heavy atom. The Kier molecular flexibility index (Phi) is 5.41. The van der Waals surface area contributed by atoms with Crippen molar-refractivity contribution in [2.75, 3.05) is 44.7 Å². The minimum atomic E-state index is 0.622. The lowest BCUT2D eigenvalue weighted by Gasteiger charge is -2.26. The van der Waals surface area contributed by atoms with Gasteiger partial charge in [0.1, 0.15) is 5.76 Å². The van der Waals surface area contributed by atoms with E-state index < -0.39 is 0 Å². The van der Waals surface area contributed by atoms with Crippen LogP contribution >= 0.6 is 0 Å². The van der Waals surface area contributed by atoms with Crippen molar-refractivity contribution in [2.24, 2.45) is 0 Å². The number of hydrogen-bond donors (Lipinski definition) is 1. The van der Waals surface area contributed by atoms with Gasteiger partial charge in [0, 0.05) is 55.9 Å². The van der Waals surface area contributed by atoms with Crippen LogP contribution in [0.25, 0.3) is 22.4 Å². The van der Waals surface area contributed by atoms with Crippen LogP contribution < -0.4 is 5.32 Å². The SMILES string of the molecule is Cc1occc1-c1nc(NCCN2CCOCC2)ncc1-c1ccncc1. The largest absolute Gasteiger partial charge is 0.469 e. The third-order valence-electron chi connectivity index (χ3n) is 4.71. The molecule has 1 N–H and O–H groups in total. The topological polar surface area (TPSA) is 76.3 Å². The number of morpholine rings is 1. The molecule has 3 aromatic rings. The van der Waals surface area contributed by atoms with Crippen molar-refractivity contribution >= 4 is 5.95 Å². The lowest BCUT2D eigenvalue weighted by atomic mass is 10.0. The van der Waals surface area contributed by atoms with Gasteiger partial charge in [-0.05, 0) is 30.7 Å². The third kappa shape index (κ3) is 4.15. The molecule has 140 valence electrons. The van der Waals surface area contributed by atoms with Gasteiger partial charge in [0.05, 0.1) is 25.2 Å². The van der Waals surface area contributed by atoms with Gasteiger partial charge in [-0.2, -0.15) is 0 Å². The summed E-state index contributed by atoms with van der Waals surface area (Å²) in [5, 5.41) is 3.34. The molecule has 0 aromatic carbocycles. The molecule has 0 amide bonds. The summed E-state index contributed by atoms with van der Waals surface area (Å²) in [6.45, 7) is 7.24.